The third-order valence-electron chi connectivity index (χ3n) is 5.05. The predicted octanol–water partition coefficient (Wildman–Crippen LogP) is 4.83. The number of aryl methyl sites for hydroxylation is 2. The molecule has 0 saturated heterocycles. The van der Waals surface area contributed by atoms with Gasteiger partial charge >= 0.3 is 12.1 Å². The van der Waals surface area contributed by atoms with Crippen LogP contribution in [0.1, 0.15) is 36.6 Å². The number of carbonyl (C=O) groups excluding carboxylic acids is 1. The minimum absolute atomic E-state index is 0.0420. The second kappa shape index (κ2) is 8.43. The quantitative estimate of drug-likeness (QED) is 0.438. The Morgan fingerprint density at radius 3 is 2.55 bits per heavy atom. The SMILES string of the molecule is CCC(C)[C@@H](N)C(=O)Oc1cc(C)c2c(=O)c(-c3csc(C)n3)c(C(F)(F)F)oc2c1. The summed E-state index contributed by atoms with van der Waals surface area (Å²) in [5.74, 6) is -2.37. The second-order valence-electron chi connectivity index (χ2n) is 7.33. The van der Waals surface area contributed by atoms with E-state index < -0.39 is 34.9 Å². The molecule has 3 rings (SSSR count). The van der Waals surface area contributed by atoms with E-state index in [0.29, 0.717) is 17.0 Å². The van der Waals surface area contributed by atoms with Gasteiger partial charge in [-0.05, 0) is 31.4 Å². The average molecular weight is 454 g/mol. The van der Waals surface area contributed by atoms with Crippen molar-refractivity contribution >= 4 is 28.3 Å². The number of fused-ring (bicyclic) bond motifs is 1. The van der Waals surface area contributed by atoms with Gasteiger partial charge in [-0.1, -0.05) is 20.3 Å². The van der Waals surface area contributed by atoms with Crippen molar-refractivity contribution in [3.63, 3.8) is 0 Å². The fraction of sp³-hybridized carbons (Fsp3) is 0.381. The number of nitrogens with two attached hydrogens (primary N) is 1. The van der Waals surface area contributed by atoms with Crippen molar-refractivity contribution < 1.29 is 27.1 Å². The van der Waals surface area contributed by atoms with Crippen LogP contribution in [0, 0.1) is 19.8 Å². The number of benzene rings is 1. The van der Waals surface area contributed by atoms with Gasteiger partial charge in [-0.3, -0.25) is 4.79 Å². The van der Waals surface area contributed by atoms with E-state index in [1.807, 2.05) is 6.92 Å². The molecule has 1 unspecified atom stereocenters. The Morgan fingerprint density at radius 1 is 1.32 bits per heavy atom. The molecule has 2 heterocycles. The lowest BCUT2D eigenvalue weighted by Gasteiger charge is -2.17. The van der Waals surface area contributed by atoms with Crippen LogP contribution in [0.25, 0.3) is 22.2 Å². The molecule has 2 atom stereocenters. The number of esters is 1. The number of halogens is 3. The van der Waals surface area contributed by atoms with Gasteiger partial charge in [0, 0.05) is 11.4 Å². The molecule has 0 saturated carbocycles. The molecule has 0 aliphatic heterocycles. The summed E-state index contributed by atoms with van der Waals surface area (Å²) in [5, 5.41) is 1.85. The Bertz CT molecular complexity index is 1200. The van der Waals surface area contributed by atoms with E-state index in [2.05, 4.69) is 4.98 Å². The maximum atomic E-state index is 13.7. The molecule has 0 radical (unpaired) electrons. The summed E-state index contributed by atoms with van der Waals surface area (Å²) < 4.78 is 51.6. The van der Waals surface area contributed by atoms with Gasteiger partial charge in [0.25, 0.3) is 0 Å². The smallest absolute Gasteiger partial charge is 0.450 e. The Labute approximate surface area is 179 Å². The van der Waals surface area contributed by atoms with Crippen LogP contribution in [0.5, 0.6) is 5.75 Å². The van der Waals surface area contributed by atoms with Crippen molar-refractivity contribution in [2.45, 2.75) is 46.3 Å². The van der Waals surface area contributed by atoms with Gasteiger partial charge in [-0.25, -0.2) is 9.78 Å². The number of nitrogens with zero attached hydrogens (tertiary/aromatic N) is 1. The fourth-order valence-electron chi connectivity index (χ4n) is 3.12. The molecule has 10 heteroatoms. The van der Waals surface area contributed by atoms with Crippen LogP contribution in [0.4, 0.5) is 13.2 Å². The van der Waals surface area contributed by atoms with Crippen molar-refractivity contribution in [3.8, 4) is 17.0 Å². The van der Waals surface area contributed by atoms with E-state index in [4.69, 9.17) is 14.9 Å². The molecule has 166 valence electrons. The highest BCUT2D eigenvalue weighted by Gasteiger charge is 2.40. The molecular weight excluding hydrogens is 433 g/mol. The zero-order chi connectivity index (χ0) is 23.1. The highest BCUT2D eigenvalue weighted by molar-refractivity contribution is 7.09. The number of hydrogen-bond donors (Lipinski definition) is 1. The van der Waals surface area contributed by atoms with E-state index in [0.717, 1.165) is 17.4 Å². The minimum atomic E-state index is -4.93. The summed E-state index contributed by atoms with van der Waals surface area (Å²) in [5.41, 5.74) is 4.22. The molecule has 6 nitrogen and oxygen atoms in total. The highest BCUT2D eigenvalue weighted by Crippen LogP contribution is 2.38. The summed E-state index contributed by atoms with van der Waals surface area (Å²) in [4.78, 5) is 29.4. The van der Waals surface area contributed by atoms with E-state index in [1.54, 1.807) is 13.8 Å². The van der Waals surface area contributed by atoms with E-state index in [9.17, 15) is 22.8 Å². The molecular formula is C21H21F3N2O4S. The summed E-state index contributed by atoms with van der Waals surface area (Å²) in [7, 11) is 0. The van der Waals surface area contributed by atoms with Crippen LogP contribution in [0.2, 0.25) is 0 Å². The third kappa shape index (κ3) is 4.49. The molecule has 0 aliphatic carbocycles. The summed E-state index contributed by atoms with van der Waals surface area (Å²) >= 11 is 1.12. The maximum Gasteiger partial charge on any atom is 0.450 e. The van der Waals surface area contributed by atoms with Crippen molar-refractivity contribution in [1.29, 1.82) is 0 Å². The molecule has 2 aromatic heterocycles. The van der Waals surface area contributed by atoms with Gasteiger partial charge in [0.2, 0.25) is 11.2 Å². The van der Waals surface area contributed by atoms with Gasteiger partial charge in [0.1, 0.15) is 17.4 Å². The number of carbonyl (C=O) groups is 1. The van der Waals surface area contributed by atoms with Gasteiger partial charge in [-0.15, -0.1) is 11.3 Å². The van der Waals surface area contributed by atoms with E-state index >= 15 is 0 Å². The first-order chi connectivity index (χ1) is 14.4. The van der Waals surface area contributed by atoms with Crippen molar-refractivity contribution in [1.82, 2.24) is 4.98 Å². The summed E-state index contributed by atoms with van der Waals surface area (Å²) in [6.07, 6.45) is -4.28. The average Bonchev–Trinajstić information content (AvgIpc) is 3.11. The van der Waals surface area contributed by atoms with Gasteiger partial charge in [-0.2, -0.15) is 13.2 Å². The van der Waals surface area contributed by atoms with Crippen molar-refractivity contribution in [2.24, 2.45) is 11.7 Å². The fourth-order valence-corrected chi connectivity index (χ4v) is 3.73. The lowest BCUT2D eigenvalue weighted by atomic mass is 10.0. The van der Waals surface area contributed by atoms with Crippen LogP contribution in [-0.2, 0) is 11.0 Å². The molecule has 31 heavy (non-hydrogen) atoms. The number of alkyl halides is 3. The second-order valence-corrected chi connectivity index (χ2v) is 8.39. The Morgan fingerprint density at radius 2 is 2.00 bits per heavy atom. The molecule has 0 bridgehead atoms. The highest BCUT2D eigenvalue weighted by atomic mass is 32.1. The lowest BCUT2D eigenvalue weighted by molar-refractivity contribution is -0.152. The molecule has 0 fully saturated rings. The van der Waals surface area contributed by atoms with Crippen LogP contribution in [0.3, 0.4) is 0 Å². The van der Waals surface area contributed by atoms with E-state index in [-0.39, 0.29) is 28.3 Å². The normalized spacial score (nSPS) is 13.9. The predicted molar refractivity (Wildman–Crippen MR) is 111 cm³/mol. The monoisotopic (exact) mass is 454 g/mol. The summed E-state index contributed by atoms with van der Waals surface area (Å²) in [6, 6.07) is 1.59. The molecule has 2 N–H and O–H groups in total. The number of ether oxygens (including phenoxy) is 1. The van der Waals surface area contributed by atoms with Gasteiger partial charge in [0.05, 0.1) is 21.7 Å². The number of aromatic nitrogens is 1. The Balaban J connectivity index is 2.18. The van der Waals surface area contributed by atoms with Crippen LogP contribution in [-0.4, -0.2) is 17.0 Å². The molecule has 0 aliphatic rings. The summed E-state index contributed by atoms with van der Waals surface area (Å²) in [6.45, 7) is 6.80. The number of hydrogen-bond acceptors (Lipinski definition) is 7. The first-order valence-corrected chi connectivity index (χ1v) is 10.4. The van der Waals surface area contributed by atoms with Crippen molar-refractivity contribution in [3.05, 3.63) is 44.1 Å². The third-order valence-corrected chi connectivity index (χ3v) is 5.82. The molecule has 1 aromatic carbocycles. The Hall–Kier alpha value is -2.72. The van der Waals surface area contributed by atoms with Crippen LogP contribution < -0.4 is 15.9 Å². The van der Waals surface area contributed by atoms with Crippen LogP contribution >= 0.6 is 11.3 Å². The van der Waals surface area contributed by atoms with E-state index in [1.165, 1.54) is 18.4 Å². The minimum Gasteiger partial charge on any atom is -0.450 e. The molecule has 0 spiro atoms. The lowest BCUT2D eigenvalue weighted by Crippen LogP contribution is -2.39. The molecule has 0 amide bonds. The van der Waals surface area contributed by atoms with Gasteiger partial charge < -0.3 is 14.9 Å². The standard InChI is InChI=1S/C21H21F3N2O4S/c1-5-9(2)17(25)20(28)29-12-6-10(3)15-14(7-12)30-19(21(22,23)24)16(18(15)27)13-8-31-11(4)26-13/h6-9,17H,5,25H2,1-4H3/t9?,17-/m1/s1. The number of thiazole rings is 1. The maximum absolute atomic E-state index is 13.7. The zero-order valence-corrected chi connectivity index (χ0v) is 18.1. The molecule has 3 aromatic rings. The van der Waals surface area contributed by atoms with Crippen LogP contribution in [0.15, 0.2) is 26.7 Å². The Kier molecular flexibility index (Phi) is 6.24. The topological polar surface area (TPSA) is 95.4 Å². The number of rotatable bonds is 5. The largest absolute Gasteiger partial charge is 0.450 e. The van der Waals surface area contributed by atoms with Gasteiger partial charge in [0.15, 0.2) is 0 Å². The first kappa shape index (κ1) is 23.0. The zero-order valence-electron chi connectivity index (χ0n) is 17.3. The first-order valence-electron chi connectivity index (χ1n) is 9.52. The van der Waals surface area contributed by atoms with Crippen molar-refractivity contribution in [2.75, 3.05) is 0 Å².